The summed E-state index contributed by atoms with van der Waals surface area (Å²) in [4.78, 5) is 0. The minimum absolute atomic E-state index is 0.0328. The summed E-state index contributed by atoms with van der Waals surface area (Å²) in [6.45, 7) is 1.41. The fourth-order valence-corrected chi connectivity index (χ4v) is 2.40. The van der Waals surface area contributed by atoms with Gasteiger partial charge in [0.25, 0.3) is 0 Å². The van der Waals surface area contributed by atoms with Gasteiger partial charge in [0.05, 0.1) is 13.2 Å². The summed E-state index contributed by atoms with van der Waals surface area (Å²) in [5, 5.41) is 0. The summed E-state index contributed by atoms with van der Waals surface area (Å²) < 4.78 is 11.3. The second kappa shape index (κ2) is 5.97. The molecule has 0 fully saturated rings. The number of hydrogen-bond acceptors (Lipinski definition) is 3. The number of benzene rings is 2. The normalized spacial score (nSPS) is 15.4. The zero-order valence-corrected chi connectivity index (χ0v) is 11.4. The van der Waals surface area contributed by atoms with Gasteiger partial charge in [0, 0.05) is 12.5 Å². The summed E-state index contributed by atoms with van der Waals surface area (Å²) in [6.07, 6.45) is 1.74. The van der Waals surface area contributed by atoms with Crippen LogP contribution in [0.4, 0.5) is 0 Å². The Morgan fingerprint density at radius 1 is 0.950 bits per heavy atom. The Labute approximate surface area is 119 Å². The molecule has 0 radical (unpaired) electrons. The molecule has 0 aliphatic carbocycles. The zero-order chi connectivity index (χ0) is 13.8. The van der Waals surface area contributed by atoms with Crippen molar-refractivity contribution in [3.63, 3.8) is 0 Å². The van der Waals surface area contributed by atoms with Crippen molar-refractivity contribution in [1.82, 2.24) is 0 Å². The van der Waals surface area contributed by atoms with Crippen molar-refractivity contribution in [2.45, 2.75) is 18.9 Å². The van der Waals surface area contributed by atoms with E-state index in [2.05, 4.69) is 12.1 Å². The van der Waals surface area contributed by atoms with Crippen LogP contribution < -0.4 is 15.2 Å². The van der Waals surface area contributed by atoms with Crippen LogP contribution in [0.15, 0.2) is 48.5 Å². The third-order valence-corrected chi connectivity index (χ3v) is 3.50. The number of nitrogens with two attached hydrogens (primary N) is 1. The lowest BCUT2D eigenvalue weighted by Gasteiger charge is -2.15. The predicted octanol–water partition coefficient (Wildman–Crippen LogP) is 3.09. The Balaban J connectivity index is 1.78. The quantitative estimate of drug-likeness (QED) is 0.931. The first-order valence-corrected chi connectivity index (χ1v) is 7.02. The largest absolute Gasteiger partial charge is 0.490 e. The van der Waals surface area contributed by atoms with E-state index in [1.807, 2.05) is 36.4 Å². The van der Waals surface area contributed by atoms with Crippen molar-refractivity contribution in [2.75, 3.05) is 13.2 Å². The summed E-state index contributed by atoms with van der Waals surface area (Å²) in [7, 11) is 0. The molecule has 0 saturated heterocycles. The van der Waals surface area contributed by atoms with Gasteiger partial charge in [0.2, 0.25) is 0 Å². The van der Waals surface area contributed by atoms with E-state index in [4.69, 9.17) is 15.2 Å². The average Bonchev–Trinajstić information content (AvgIpc) is 2.72. The maximum atomic E-state index is 6.30. The van der Waals surface area contributed by atoms with Crippen LogP contribution in [0.3, 0.4) is 0 Å². The van der Waals surface area contributed by atoms with Gasteiger partial charge in [0.1, 0.15) is 0 Å². The van der Waals surface area contributed by atoms with Gasteiger partial charge < -0.3 is 15.2 Å². The van der Waals surface area contributed by atoms with Crippen molar-refractivity contribution >= 4 is 0 Å². The molecule has 1 aliphatic rings. The lowest BCUT2D eigenvalue weighted by atomic mass is 9.99. The number of hydrogen-bond donors (Lipinski definition) is 1. The molecule has 2 aromatic rings. The first kappa shape index (κ1) is 13.0. The minimum Gasteiger partial charge on any atom is -0.490 e. The minimum atomic E-state index is -0.0328. The summed E-state index contributed by atoms with van der Waals surface area (Å²) in [6, 6.07) is 16.3. The Hall–Kier alpha value is -2.00. The molecule has 0 unspecified atom stereocenters. The van der Waals surface area contributed by atoms with E-state index in [1.54, 1.807) is 0 Å². The molecular weight excluding hydrogens is 250 g/mol. The van der Waals surface area contributed by atoms with Crippen LogP contribution in [0.1, 0.15) is 23.6 Å². The van der Waals surface area contributed by atoms with Crippen LogP contribution in [-0.2, 0) is 6.42 Å². The third kappa shape index (κ3) is 2.94. The van der Waals surface area contributed by atoms with Crippen molar-refractivity contribution in [2.24, 2.45) is 5.73 Å². The van der Waals surface area contributed by atoms with E-state index in [0.29, 0.717) is 13.2 Å². The van der Waals surface area contributed by atoms with E-state index in [0.717, 1.165) is 29.9 Å². The van der Waals surface area contributed by atoms with Crippen molar-refractivity contribution in [1.29, 1.82) is 0 Å². The summed E-state index contributed by atoms with van der Waals surface area (Å²) >= 11 is 0. The highest BCUT2D eigenvalue weighted by molar-refractivity contribution is 5.44. The molecule has 2 N–H and O–H groups in total. The maximum absolute atomic E-state index is 6.30. The van der Waals surface area contributed by atoms with Crippen molar-refractivity contribution in [3.8, 4) is 11.5 Å². The molecule has 1 heterocycles. The topological polar surface area (TPSA) is 44.5 Å². The van der Waals surface area contributed by atoms with Crippen LogP contribution in [0.5, 0.6) is 11.5 Å². The van der Waals surface area contributed by atoms with E-state index >= 15 is 0 Å². The third-order valence-electron chi connectivity index (χ3n) is 3.50. The molecule has 3 nitrogen and oxygen atoms in total. The fraction of sp³-hybridized carbons (Fsp3) is 0.294. The maximum Gasteiger partial charge on any atom is 0.161 e. The molecule has 3 heteroatoms. The highest BCUT2D eigenvalue weighted by atomic mass is 16.5. The molecule has 0 saturated carbocycles. The highest BCUT2D eigenvalue weighted by Gasteiger charge is 2.14. The zero-order valence-electron chi connectivity index (χ0n) is 11.4. The van der Waals surface area contributed by atoms with Crippen LogP contribution in [0, 0.1) is 0 Å². The Morgan fingerprint density at radius 2 is 1.70 bits per heavy atom. The van der Waals surface area contributed by atoms with Crippen LogP contribution in [-0.4, -0.2) is 13.2 Å². The smallest absolute Gasteiger partial charge is 0.161 e. The summed E-state index contributed by atoms with van der Waals surface area (Å²) in [5.74, 6) is 1.63. The molecule has 1 atom stereocenters. The number of rotatable bonds is 3. The lowest BCUT2D eigenvalue weighted by Crippen LogP contribution is -2.13. The standard InChI is InChI=1S/C17H19NO2/c18-15(11-13-5-2-1-3-6-13)14-7-8-16-17(12-14)20-10-4-9-19-16/h1-3,5-8,12,15H,4,9-11,18H2/t15-/m0/s1. The summed E-state index contributed by atoms with van der Waals surface area (Å²) in [5.41, 5.74) is 8.63. The first-order chi connectivity index (χ1) is 9.83. The molecule has 20 heavy (non-hydrogen) atoms. The SMILES string of the molecule is N[C@@H](Cc1ccccc1)c1ccc2c(c1)OCCCO2. The van der Waals surface area contributed by atoms with E-state index in [-0.39, 0.29) is 6.04 Å². The van der Waals surface area contributed by atoms with Gasteiger partial charge in [-0.3, -0.25) is 0 Å². The van der Waals surface area contributed by atoms with Gasteiger partial charge in [0.15, 0.2) is 11.5 Å². The van der Waals surface area contributed by atoms with E-state index in [9.17, 15) is 0 Å². The van der Waals surface area contributed by atoms with Crippen molar-refractivity contribution in [3.05, 3.63) is 59.7 Å². The Morgan fingerprint density at radius 3 is 2.50 bits per heavy atom. The van der Waals surface area contributed by atoms with Gasteiger partial charge in [-0.25, -0.2) is 0 Å². The highest BCUT2D eigenvalue weighted by Crippen LogP contribution is 2.32. The van der Waals surface area contributed by atoms with Gasteiger partial charge in [-0.05, 0) is 29.7 Å². The van der Waals surface area contributed by atoms with Gasteiger partial charge in [-0.2, -0.15) is 0 Å². The molecule has 1 aliphatic heterocycles. The number of ether oxygens (including phenoxy) is 2. The molecule has 2 aromatic carbocycles. The van der Waals surface area contributed by atoms with Crippen LogP contribution in [0.25, 0.3) is 0 Å². The van der Waals surface area contributed by atoms with E-state index in [1.165, 1.54) is 5.56 Å². The van der Waals surface area contributed by atoms with Crippen LogP contribution >= 0.6 is 0 Å². The number of fused-ring (bicyclic) bond motifs is 1. The average molecular weight is 269 g/mol. The van der Waals surface area contributed by atoms with Gasteiger partial charge in [-0.15, -0.1) is 0 Å². The molecular formula is C17H19NO2. The van der Waals surface area contributed by atoms with Gasteiger partial charge >= 0.3 is 0 Å². The molecule has 0 amide bonds. The molecule has 0 aromatic heterocycles. The molecule has 0 bridgehead atoms. The molecule has 104 valence electrons. The molecule has 3 rings (SSSR count). The monoisotopic (exact) mass is 269 g/mol. The second-order valence-electron chi connectivity index (χ2n) is 5.05. The van der Waals surface area contributed by atoms with Crippen LogP contribution in [0.2, 0.25) is 0 Å². The Kier molecular flexibility index (Phi) is 3.88. The lowest BCUT2D eigenvalue weighted by molar-refractivity contribution is 0.297. The predicted molar refractivity (Wildman–Crippen MR) is 79.1 cm³/mol. The first-order valence-electron chi connectivity index (χ1n) is 7.02. The molecule has 0 spiro atoms. The van der Waals surface area contributed by atoms with E-state index < -0.39 is 0 Å². The van der Waals surface area contributed by atoms with Gasteiger partial charge in [-0.1, -0.05) is 36.4 Å². The fourth-order valence-electron chi connectivity index (χ4n) is 2.40. The second-order valence-corrected chi connectivity index (χ2v) is 5.05. The Bertz CT molecular complexity index is 568. The van der Waals surface area contributed by atoms with Crippen molar-refractivity contribution < 1.29 is 9.47 Å².